The fourth-order valence-corrected chi connectivity index (χ4v) is 4.31. The molecule has 2 aromatic carbocycles. The summed E-state index contributed by atoms with van der Waals surface area (Å²) in [6, 6.07) is 12.9. The number of para-hydroxylation sites is 1. The molecule has 0 aliphatic heterocycles. The molecule has 1 N–H and O–H groups in total. The van der Waals surface area contributed by atoms with E-state index >= 15 is 0 Å². The Balaban J connectivity index is 1.95. The molecule has 0 aromatic heterocycles. The molecule has 2 aromatic rings. The van der Waals surface area contributed by atoms with Gasteiger partial charge in [-0.3, -0.25) is 9.10 Å². The van der Waals surface area contributed by atoms with E-state index in [-0.39, 0.29) is 5.69 Å². The highest BCUT2D eigenvalue weighted by atomic mass is 32.2. The smallest absolute Gasteiger partial charge is 0.243 e. The maximum absolute atomic E-state index is 14.1. The molecule has 0 spiro atoms. The number of hydrogen-bond acceptors (Lipinski definition) is 3. The van der Waals surface area contributed by atoms with Gasteiger partial charge >= 0.3 is 0 Å². The van der Waals surface area contributed by atoms with Gasteiger partial charge < -0.3 is 5.32 Å². The Bertz CT molecular complexity index is 927. The van der Waals surface area contributed by atoms with Crippen molar-refractivity contribution < 1.29 is 17.6 Å². The second-order valence-corrected chi connectivity index (χ2v) is 9.34. The Labute approximate surface area is 173 Å². The fourth-order valence-electron chi connectivity index (χ4n) is 3.13. The van der Waals surface area contributed by atoms with Crippen LogP contribution in [0, 0.1) is 5.82 Å². The van der Waals surface area contributed by atoms with Crippen molar-refractivity contribution in [1.82, 2.24) is 5.32 Å². The van der Waals surface area contributed by atoms with Crippen LogP contribution in [0.4, 0.5) is 10.1 Å². The van der Waals surface area contributed by atoms with Crippen LogP contribution in [0.2, 0.25) is 0 Å². The van der Waals surface area contributed by atoms with E-state index in [0.29, 0.717) is 12.5 Å². The van der Waals surface area contributed by atoms with Gasteiger partial charge in [-0.2, -0.15) is 0 Å². The minimum absolute atomic E-state index is 0.136. The summed E-state index contributed by atoms with van der Waals surface area (Å²) in [7, 11) is -3.84. The molecule has 0 saturated carbocycles. The summed E-state index contributed by atoms with van der Waals surface area (Å²) >= 11 is 0. The zero-order valence-corrected chi connectivity index (χ0v) is 18.2. The number of rotatable bonds is 9. The van der Waals surface area contributed by atoms with Crippen LogP contribution >= 0.6 is 0 Å². The highest BCUT2D eigenvalue weighted by Gasteiger charge is 2.30. The number of nitrogens with zero attached hydrogens (tertiary/aromatic N) is 1. The van der Waals surface area contributed by atoms with Crippen LogP contribution in [-0.4, -0.2) is 33.2 Å². The van der Waals surface area contributed by atoms with E-state index in [9.17, 15) is 17.6 Å². The first-order valence-electron chi connectivity index (χ1n) is 9.71. The van der Waals surface area contributed by atoms with Crippen LogP contribution in [0.15, 0.2) is 48.5 Å². The standard InChI is InChI=1S/C22H29FN2O3S/c1-16(2)19-13-11-18(12-14-19)8-7-15-24-22(26)17(3)25(29(4,27)28)21-10-6-5-9-20(21)23/h5-6,9-14,16-17H,7-8,15H2,1-4H3,(H,24,26)/t17-/m1/s1. The SMILES string of the molecule is CC(C)c1ccc(CCCNC(=O)[C@@H](C)N(c2ccccc2F)S(C)(=O)=O)cc1. The van der Waals surface area contributed by atoms with Gasteiger partial charge in [-0.25, -0.2) is 12.8 Å². The molecule has 0 saturated heterocycles. The van der Waals surface area contributed by atoms with E-state index in [0.717, 1.165) is 23.4 Å². The monoisotopic (exact) mass is 420 g/mol. The van der Waals surface area contributed by atoms with Crippen molar-refractivity contribution in [3.8, 4) is 0 Å². The summed E-state index contributed by atoms with van der Waals surface area (Å²) in [5.74, 6) is -0.673. The molecule has 29 heavy (non-hydrogen) atoms. The predicted octanol–water partition coefficient (Wildman–Crippen LogP) is 3.85. The molecule has 0 heterocycles. The lowest BCUT2D eigenvalue weighted by molar-refractivity contribution is -0.121. The maximum Gasteiger partial charge on any atom is 0.243 e. The number of anilines is 1. The Morgan fingerprint density at radius 1 is 1.07 bits per heavy atom. The van der Waals surface area contributed by atoms with Crippen LogP contribution in [0.5, 0.6) is 0 Å². The van der Waals surface area contributed by atoms with E-state index in [4.69, 9.17) is 0 Å². The van der Waals surface area contributed by atoms with Crippen LogP contribution in [0.1, 0.15) is 44.2 Å². The third kappa shape index (κ3) is 6.29. The van der Waals surface area contributed by atoms with E-state index in [2.05, 4.69) is 43.4 Å². The molecule has 5 nitrogen and oxygen atoms in total. The molecule has 0 aliphatic carbocycles. The molecular weight excluding hydrogens is 391 g/mol. The predicted molar refractivity (Wildman–Crippen MR) is 115 cm³/mol. The number of aryl methyl sites for hydroxylation is 1. The van der Waals surface area contributed by atoms with Crippen LogP contribution in [-0.2, 0) is 21.2 Å². The van der Waals surface area contributed by atoms with Crippen molar-refractivity contribution >= 4 is 21.6 Å². The second-order valence-electron chi connectivity index (χ2n) is 7.48. The molecule has 0 unspecified atom stereocenters. The normalized spacial score (nSPS) is 12.6. The van der Waals surface area contributed by atoms with Crippen LogP contribution in [0.25, 0.3) is 0 Å². The molecule has 0 radical (unpaired) electrons. The molecule has 1 amide bonds. The number of carbonyl (C=O) groups excluding carboxylic acids is 1. The molecule has 0 bridgehead atoms. The lowest BCUT2D eigenvalue weighted by Gasteiger charge is -2.28. The number of amides is 1. The summed E-state index contributed by atoms with van der Waals surface area (Å²) in [4.78, 5) is 12.5. The fraction of sp³-hybridized carbons (Fsp3) is 0.409. The van der Waals surface area contributed by atoms with Crippen molar-refractivity contribution in [3.63, 3.8) is 0 Å². The topological polar surface area (TPSA) is 66.5 Å². The average molecular weight is 421 g/mol. The summed E-state index contributed by atoms with van der Waals surface area (Å²) in [6.07, 6.45) is 2.48. The molecule has 0 aliphatic rings. The average Bonchev–Trinajstić information content (AvgIpc) is 2.66. The van der Waals surface area contributed by atoms with Gasteiger partial charge in [-0.15, -0.1) is 0 Å². The lowest BCUT2D eigenvalue weighted by atomic mass is 10.0. The molecule has 2 rings (SSSR count). The zero-order valence-electron chi connectivity index (χ0n) is 17.4. The molecule has 0 fully saturated rings. The summed E-state index contributed by atoms with van der Waals surface area (Å²) in [5, 5.41) is 2.76. The van der Waals surface area contributed by atoms with Gasteiger partial charge in [0.05, 0.1) is 11.9 Å². The maximum atomic E-state index is 14.1. The van der Waals surface area contributed by atoms with Crippen LogP contribution < -0.4 is 9.62 Å². The Kier molecular flexibility index (Phi) is 7.79. The van der Waals surface area contributed by atoms with Crippen LogP contribution in [0.3, 0.4) is 0 Å². The molecular formula is C22H29FN2O3S. The van der Waals surface area contributed by atoms with Crippen molar-refractivity contribution in [2.45, 2.75) is 45.6 Å². The van der Waals surface area contributed by atoms with Gasteiger partial charge in [0.25, 0.3) is 0 Å². The van der Waals surface area contributed by atoms with Gasteiger partial charge in [0.2, 0.25) is 15.9 Å². The van der Waals surface area contributed by atoms with Gasteiger partial charge in [0.15, 0.2) is 0 Å². The van der Waals surface area contributed by atoms with Gasteiger partial charge in [-0.1, -0.05) is 50.2 Å². The van der Waals surface area contributed by atoms with E-state index in [1.54, 1.807) is 0 Å². The van der Waals surface area contributed by atoms with Crippen molar-refractivity contribution in [2.24, 2.45) is 0 Å². The number of hydrogen-bond donors (Lipinski definition) is 1. The number of benzene rings is 2. The Morgan fingerprint density at radius 3 is 2.24 bits per heavy atom. The molecule has 7 heteroatoms. The molecule has 1 atom stereocenters. The minimum Gasteiger partial charge on any atom is -0.354 e. The first kappa shape index (κ1) is 22.9. The number of sulfonamides is 1. The van der Waals surface area contributed by atoms with Gasteiger partial charge in [0, 0.05) is 6.54 Å². The highest BCUT2D eigenvalue weighted by molar-refractivity contribution is 7.92. The van der Waals surface area contributed by atoms with Gasteiger partial charge in [-0.05, 0) is 48.9 Å². The summed E-state index contributed by atoms with van der Waals surface area (Å²) < 4.78 is 39.3. The van der Waals surface area contributed by atoms with E-state index < -0.39 is 27.8 Å². The summed E-state index contributed by atoms with van der Waals surface area (Å²) in [5.41, 5.74) is 2.33. The zero-order chi connectivity index (χ0) is 21.6. The molecule has 158 valence electrons. The highest BCUT2D eigenvalue weighted by Crippen LogP contribution is 2.24. The first-order valence-corrected chi connectivity index (χ1v) is 11.6. The summed E-state index contributed by atoms with van der Waals surface area (Å²) in [6.45, 7) is 6.15. The Hall–Kier alpha value is -2.41. The largest absolute Gasteiger partial charge is 0.354 e. The third-order valence-electron chi connectivity index (χ3n) is 4.77. The number of carbonyl (C=O) groups is 1. The van der Waals surface area contributed by atoms with Gasteiger partial charge in [0.1, 0.15) is 11.9 Å². The Morgan fingerprint density at radius 2 is 1.69 bits per heavy atom. The number of halogens is 1. The number of nitrogens with one attached hydrogen (secondary N) is 1. The third-order valence-corrected chi connectivity index (χ3v) is 5.99. The lowest BCUT2D eigenvalue weighted by Crippen LogP contribution is -2.48. The van der Waals surface area contributed by atoms with Crippen molar-refractivity contribution in [3.05, 3.63) is 65.5 Å². The quantitative estimate of drug-likeness (QED) is 0.627. The van der Waals surface area contributed by atoms with Crippen molar-refractivity contribution in [2.75, 3.05) is 17.1 Å². The van der Waals surface area contributed by atoms with E-state index in [1.165, 1.54) is 42.3 Å². The van der Waals surface area contributed by atoms with E-state index in [1.807, 2.05) is 0 Å². The first-order chi connectivity index (χ1) is 13.6. The van der Waals surface area contributed by atoms with Crippen molar-refractivity contribution in [1.29, 1.82) is 0 Å². The second kappa shape index (κ2) is 9.87. The minimum atomic E-state index is -3.84.